The minimum absolute atomic E-state index is 0.543. The summed E-state index contributed by atoms with van der Waals surface area (Å²) in [6, 6.07) is 3.99. The molecule has 0 aromatic carbocycles. The molecule has 4 N–H and O–H groups in total. The van der Waals surface area contributed by atoms with Crippen LogP contribution in [0.5, 0.6) is 0 Å². The molecule has 3 aliphatic heterocycles. The third-order valence-electron chi connectivity index (χ3n) is 13.8. The number of piperidine rings is 1. The lowest BCUT2D eigenvalue weighted by atomic mass is 9.54. The zero-order valence-electron chi connectivity index (χ0n) is 25.4. The number of likely N-dealkylation sites (tertiary alicyclic amines) is 1. The zero-order chi connectivity index (χ0) is 26.4. The van der Waals surface area contributed by atoms with Crippen LogP contribution in [0, 0.1) is 40.9 Å². The second-order valence-corrected chi connectivity index (χ2v) is 15.9. The van der Waals surface area contributed by atoms with Crippen LogP contribution in [0.15, 0.2) is 0 Å². The molecule has 0 radical (unpaired) electrons. The Labute approximate surface area is 240 Å². The Morgan fingerprint density at radius 3 is 1.59 bits per heavy atom. The van der Waals surface area contributed by atoms with Gasteiger partial charge >= 0.3 is 0 Å². The Hall–Kier alpha value is -0.200. The fourth-order valence-electron chi connectivity index (χ4n) is 12.1. The number of hydrogen-bond acceptors (Lipinski definition) is 5. The topological polar surface area (TPSA) is 51.4 Å². The summed E-state index contributed by atoms with van der Waals surface area (Å²) in [6.07, 6.45) is 20.8. The first-order chi connectivity index (χ1) is 19.1. The van der Waals surface area contributed by atoms with E-state index >= 15 is 0 Å². The van der Waals surface area contributed by atoms with Crippen molar-refractivity contribution in [3.05, 3.63) is 0 Å². The smallest absolute Gasteiger partial charge is 0.0221 e. The van der Waals surface area contributed by atoms with Gasteiger partial charge in [-0.1, -0.05) is 46.0 Å². The van der Waals surface area contributed by atoms with Crippen molar-refractivity contribution in [2.75, 3.05) is 39.3 Å². The van der Waals surface area contributed by atoms with Gasteiger partial charge in [0.05, 0.1) is 0 Å². The van der Waals surface area contributed by atoms with Crippen LogP contribution in [0.2, 0.25) is 0 Å². The van der Waals surface area contributed by atoms with Crippen molar-refractivity contribution in [1.29, 1.82) is 0 Å². The SMILES string of the molecule is CC1(C)C2CCCCC2N(C2CCCC2C2CC(C3CNCCN3)CC(C3CNCCN3)C2)C2CCCCC21. The molecule has 0 spiro atoms. The molecule has 7 rings (SSSR count). The number of nitrogens with zero attached hydrogens (tertiary/aromatic N) is 1. The molecule has 0 bridgehead atoms. The van der Waals surface area contributed by atoms with Crippen LogP contribution >= 0.6 is 0 Å². The number of nitrogens with one attached hydrogen (secondary N) is 4. The molecular formula is C34H61N5. The Balaban J connectivity index is 1.16. The molecule has 10 atom stereocenters. The summed E-state index contributed by atoms with van der Waals surface area (Å²) in [5, 5.41) is 15.4. The van der Waals surface area contributed by atoms with Crippen LogP contribution in [0.1, 0.15) is 104 Å². The molecule has 0 aromatic heterocycles. The molecular weight excluding hydrogens is 478 g/mol. The molecule has 0 aromatic rings. The molecule has 0 amide bonds. The average Bonchev–Trinajstić information content (AvgIpc) is 3.48. The first kappa shape index (κ1) is 27.6. The highest BCUT2D eigenvalue weighted by Gasteiger charge is 2.57. The maximum absolute atomic E-state index is 3.97. The summed E-state index contributed by atoms with van der Waals surface area (Å²) in [4.78, 5) is 3.33. The van der Waals surface area contributed by atoms with E-state index < -0.39 is 0 Å². The number of fused-ring (bicyclic) bond motifs is 2. The fraction of sp³-hybridized carbons (Fsp3) is 1.00. The van der Waals surface area contributed by atoms with Crippen LogP contribution in [-0.2, 0) is 0 Å². The van der Waals surface area contributed by atoms with Crippen LogP contribution in [-0.4, -0.2) is 74.4 Å². The summed E-state index contributed by atoms with van der Waals surface area (Å²) < 4.78 is 0. The van der Waals surface area contributed by atoms with Crippen molar-refractivity contribution < 1.29 is 0 Å². The normalized spacial score (nSPS) is 49.2. The molecule has 7 fully saturated rings. The Bertz CT molecular complexity index is 751. The Kier molecular flexibility index (Phi) is 8.37. The maximum Gasteiger partial charge on any atom is 0.0221 e. The van der Waals surface area contributed by atoms with Crippen molar-refractivity contribution in [2.24, 2.45) is 40.9 Å². The van der Waals surface area contributed by atoms with Gasteiger partial charge in [0.1, 0.15) is 0 Å². The van der Waals surface area contributed by atoms with Crippen LogP contribution in [0.4, 0.5) is 0 Å². The maximum atomic E-state index is 3.97. The molecule has 222 valence electrons. The molecule has 5 heteroatoms. The second kappa shape index (κ2) is 11.8. The molecule has 7 aliphatic rings. The Morgan fingerprint density at radius 2 is 1.05 bits per heavy atom. The number of piperazine rings is 2. The van der Waals surface area contributed by atoms with Crippen LogP contribution in [0.25, 0.3) is 0 Å². The summed E-state index contributed by atoms with van der Waals surface area (Å²) in [5.74, 6) is 5.43. The first-order valence-electron chi connectivity index (χ1n) is 17.8. The lowest BCUT2D eigenvalue weighted by molar-refractivity contribution is -0.146. The van der Waals surface area contributed by atoms with E-state index in [9.17, 15) is 0 Å². The minimum Gasteiger partial charge on any atom is -0.314 e. The molecule has 39 heavy (non-hydrogen) atoms. The number of hydrogen-bond donors (Lipinski definition) is 4. The third kappa shape index (κ3) is 5.28. The second-order valence-electron chi connectivity index (χ2n) is 15.9. The van der Waals surface area contributed by atoms with Gasteiger partial charge in [0.15, 0.2) is 0 Å². The molecule has 10 unspecified atom stereocenters. The summed E-state index contributed by atoms with van der Waals surface area (Å²) in [5.41, 5.74) is 0.543. The van der Waals surface area contributed by atoms with Gasteiger partial charge < -0.3 is 21.3 Å². The van der Waals surface area contributed by atoms with E-state index in [1.807, 2.05) is 0 Å². The highest BCUT2D eigenvalue weighted by Crippen LogP contribution is 2.58. The van der Waals surface area contributed by atoms with E-state index in [2.05, 4.69) is 40.0 Å². The highest BCUT2D eigenvalue weighted by atomic mass is 15.3. The van der Waals surface area contributed by atoms with E-state index in [0.29, 0.717) is 17.5 Å². The predicted molar refractivity (Wildman–Crippen MR) is 162 cm³/mol. The van der Waals surface area contributed by atoms with E-state index in [0.717, 1.165) is 79.8 Å². The van der Waals surface area contributed by atoms with Gasteiger partial charge in [-0.05, 0) is 98.7 Å². The van der Waals surface area contributed by atoms with Gasteiger partial charge in [0.25, 0.3) is 0 Å². The van der Waals surface area contributed by atoms with Gasteiger partial charge in [-0.3, -0.25) is 4.90 Å². The largest absolute Gasteiger partial charge is 0.314 e. The predicted octanol–water partition coefficient (Wildman–Crippen LogP) is 4.77. The number of rotatable bonds is 4. The van der Waals surface area contributed by atoms with Crippen molar-refractivity contribution in [1.82, 2.24) is 26.2 Å². The average molecular weight is 540 g/mol. The zero-order valence-corrected chi connectivity index (χ0v) is 25.4. The molecule has 3 saturated heterocycles. The summed E-state index contributed by atoms with van der Waals surface area (Å²) >= 11 is 0. The van der Waals surface area contributed by atoms with E-state index in [-0.39, 0.29) is 0 Å². The van der Waals surface area contributed by atoms with E-state index in [1.54, 1.807) is 0 Å². The van der Waals surface area contributed by atoms with E-state index in [4.69, 9.17) is 0 Å². The molecule has 5 nitrogen and oxygen atoms in total. The van der Waals surface area contributed by atoms with Gasteiger partial charge in [0, 0.05) is 69.5 Å². The summed E-state index contributed by atoms with van der Waals surface area (Å²) in [7, 11) is 0. The molecule has 4 aliphatic carbocycles. The highest BCUT2D eigenvalue weighted by molar-refractivity contribution is 5.09. The van der Waals surface area contributed by atoms with Crippen molar-refractivity contribution >= 4 is 0 Å². The van der Waals surface area contributed by atoms with Gasteiger partial charge in [-0.2, -0.15) is 0 Å². The summed E-state index contributed by atoms with van der Waals surface area (Å²) in [6.45, 7) is 12.4. The Morgan fingerprint density at radius 1 is 0.538 bits per heavy atom. The monoisotopic (exact) mass is 539 g/mol. The lowest BCUT2D eigenvalue weighted by Gasteiger charge is -2.64. The van der Waals surface area contributed by atoms with Crippen LogP contribution in [0.3, 0.4) is 0 Å². The van der Waals surface area contributed by atoms with Crippen molar-refractivity contribution in [3.63, 3.8) is 0 Å². The molecule has 3 heterocycles. The first-order valence-corrected chi connectivity index (χ1v) is 17.8. The fourth-order valence-corrected chi connectivity index (χ4v) is 12.1. The van der Waals surface area contributed by atoms with Gasteiger partial charge in [0.2, 0.25) is 0 Å². The minimum atomic E-state index is 0.543. The lowest BCUT2D eigenvalue weighted by Crippen LogP contribution is -2.67. The van der Waals surface area contributed by atoms with Crippen molar-refractivity contribution in [2.45, 2.75) is 134 Å². The quantitative estimate of drug-likeness (QED) is 0.415. The third-order valence-corrected chi connectivity index (χ3v) is 13.8. The standard InChI is InChI=1S/C34H61N5/c1-34(2)27-9-3-5-11-32(27)39(33-12-6-4-10-28(33)34)31-13-7-8-26(31)23-18-24(29-21-35-14-16-37-29)20-25(19-23)30-22-36-15-17-38-30/h23-33,35-38H,3-22H2,1-2H3. The molecule has 4 saturated carbocycles. The van der Waals surface area contributed by atoms with Gasteiger partial charge in [-0.15, -0.1) is 0 Å². The van der Waals surface area contributed by atoms with Crippen LogP contribution < -0.4 is 21.3 Å². The van der Waals surface area contributed by atoms with E-state index in [1.165, 1.54) is 103 Å². The van der Waals surface area contributed by atoms with Crippen molar-refractivity contribution in [3.8, 4) is 0 Å². The van der Waals surface area contributed by atoms with Gasteiger partial charge in [-0.25, -0.2) is 0 Å².